The fraction of sp³-hybridized carbons (Fsp3) is 0.611. The third-order valence-corrected chi connectivity index (χ3v) is 5.19. The van der Waals surface area contributed by atoms with Gasteiger partial charge in [0.1, 0.15) is 5.82 Å². The summed E-state index contributed by atoms with van der Waals surface area (Å²) in [5.41, 5.74) is 3.80. The molecule has 1 heterocycles. The number of hydrogen-bond donors (Lipinski definition) is 0. The first-order chi connectivity index (χ1) is 10.2. The fourth-order valence-electron chi connectivity index (χ4n) is 3.89. The van der Waals surface area contributed by atoms with Gasteiger partial charge in [0.2, 0.25) is 0 Å². The third-order valence-electron chi connectivity index (χ3n) is 5.00. The number of rotatable bonds is 4. The van der Waals surface area contributed by atoms with Crippen molar-refractivity contribution >= 4 is 22.6 Å². The van der Waals surface area contributed by atoms with Gasteiger partial charge in [-0.15, -0.1) is 11.6 Å². The molecule has 0 bridgehead atoms. The Balaban J connectivity index is 2.08. The summed E-state index contributed by atoms with van der Waals surface area (Å²) in [5.74, 6) is 2.69. The van der Waals surface area contributed by atoms with E-state index in [1.165, 1.54) is 49.0 Å². The lowest BCUT2D eigenvalue weighted by Gasteiger charge is -2.31. The molecule has 3 heteroatoms. The van der Waals surface area contributed by atoms with E-state index in [9.17, 15) is 0 Å². The van der Waals surface area contributed by atoms with Crippen molar-refractivity contribution in [1.82, 2.24) is 9.55 Å². The highest BCUT2D eigenvalue weighted by Gasteiger charge is 2.26. The topological polar surface area (TPSA) is 17.8 Å². The molecule has 0 amide bonds. The van der Waals surface area contributed by atoms with E-state index in [1.807, 2.05) is 0 Å². The zero-order valence-electron chi connectivity index (χ0n) is 13.1. The van der Waals surface area contributed by atoms with Crippen LogP contribution < -0.4 is 0 Å². The second kappa shape index (κ2) is 6.39. The molecule has 21 heavy (non-hydrogen) atoms. The highest BCUT2D eigenvalue weighted by atomic mass is 35.5. The van der Waals surface area contributed by atoms with Gasteiger partial charge in [-0.3, -0.25) is 0 Å². The summed E-state index contributed by atoms with van der Waals surface area (Å²) in [7, 11) is 0. The Hall–Kier alpha value is -1.02. The van der Waals surface area contributed by atoms with E-state index in [0.717, 1.165) is 17.9 Å². The Bertz CT molecular complexity index is 617. The van der Waals surface area contributed by atoms with Gasteiger partial charge in [-0.25, -0.2) is 4.98 Å². The molecular formula is C18H25ClN2. The van der Waals surface area contributed by atoms with Crippen LogP contribution in [0.15, 0.2) is 18.2 Å². The van der Waals surface area contributed by atoms with Crippen molar-refractivity contribution in [2.24, 2.45) is 5.92 Å². The van der Waals surface area contributed by atoms with Crippen molar-refractivity contribution in [1.29, 1.82) is 0 Å². The zero-order valence-corrected chi connectivity index (χ0v) is 13.9. The van der Waals surface area contributed by atoms with Crippen LogP contribution in [-0.4, -0.2) is 15.4 Å². The molecule has 1 aliphatic rings. The molecule has 0 aliphatic heterocycles. The molecule has 2 atom stereocenters. The first kappa shape index (κ1) is 14.9. The summed E-state index contributed by atoms with van der Waals surface area (Å²) in [4.78, 5) is 4.87. The van der Waals surface area contributed by atoms with E-state index in [2.05, 4.69) is 36.6 Å². The largest absolute Gasteiger partial charge is 0.325 e. The Morgan fingerprint density at radius 3 is 2.95 bits per heavy atom. The minimum absolute atomic E-state index is 0.605. The van der Waals surface area contributed by atoms with Crippen molar-refractivity contribution in [3.05, 3.63) is 29.6 Å². The van der Waals surface area contributed by atoms with E-state index < -0.39 is 0 Å². The summed E-state index contributed by atoms with van der Waals surface area (Å²) in [6, 6.07) is 7.05. The van der Waals surface area contributed by atoms with Gasteiger partial charge in [-0.1, -0.05) is 38.3 Å². The Morgan fingerprint density at radius 1 is 1.33 bits per heavy atom. The van der Waals surface area contributed by atoms with E-state index in [4.69, 9.17) is 16.6 Å². The number of fused-ring (bicyclic) bond motifs is 1. The summed E-state index contributed by atoms with van der Waals surface area (Å²) in [5, 5.41) is 0. The van der Waals surface area contributed by atoms with Crippen molar-refractivity contribution < 1.29 is 0 Å². The van der Waals surface area contributed by atoms with Gasteiger partial charge in [0.25, 0.3) is 0 Å². The van der Waals surface area contributed by atoms with Crippen LogP contribution in [0.1, 0.15) is 56.5 Å². The quantitative estimate of drug-likeness (QED) is 0.704. The van der Waals surface area contributed by atoms with Crippen LogP contribution in [0, 0.1) is 12.8 Å². The van der Waals surface area contributed by atoms with Gasteiger partial charge < -0.3 is 4.57 Å². The number of aromatic nitrogens is 2. The van der Waals surface area contributed by atoms with Crippen LogP contribution >= 0.6 is 11.6 Å². The van der Waals surface area contributed by atoms with Crippen LogP contribution in [0.2, 0.25) is 0 Å². The van der Waals surface area contributed by atoms with Crippen molar-refractivity contribution in [2.45, 2.75) is 58.4 Å². The maximum atomic E-state index is 6.02. The number of hydrogen-bond acceptors (Lipinski definition) is 1. The van der Waals surface area contributed by atoms with Gasteiger partial charge in [-0.05, 0) is 37.3 Å². The van der Waals surface area contributed by atoms with E-state index >= 15 is 0 Å². The molecule has 1 aromatic heterocycles. The summed E-state index contributed by atoms with van der Waals surface area (Å²) >= 11 is 6.02. The lowest BCUT2D eigenvalue weighted by molar-refractivity contribution is 0.261. The van der Waals surface area contributed by atoms with Crippen molar-refractivity contribution in [3.8, 4) is 0 Å². The van der Waals surface area contributed by atoms with E-state index in [1.54, 1.807) is 0 Å². The number of aryl methyl sites for hydroxylation is 2. The molecular weight excluding hydrogens is 280 g/mol. The summed E-state index contributed by atoms with van der Waals surface area (Å²) in [6.07, 6.45) is 7.48. The molecule has 0 radical (unpaired) electrons. The smallest absolute Gasteiger partial charge is 0.111 e. The van der Waals surface area contributed by atoms with Gasteiger partial charge in [0, 0.05) is 18.3 Å². The first-order valence-electron chi connectivity index (χ1n) is 8.27. The molecule has 1 aliphatic carbocycles. The molecule has 2 unspecified atom stereocenters. The predicted molar refractivity (Wildman–Crippen MR) is 90.2 cm³/mol. The standard InChI is InChI=1S/C18H25ClN2/c1-3-14-7-5-8-15(12-14)21-17(10-11-19)20-16-9-4-6-13(2)18(16)21/h4,6,9,14-15H,3,5,7-8,10-12H2,1-2H3. The lowest BCUT2D eigenvalue weighted by Crippen LogP contribution is -2.21. The minimum Gasteiger partial charge on any atom is -0.325 e. The molecule has 0 spiro atoms. The maximum absolute atomic E-state index is 6.02. The number of imidazole rings is 1. The molecule has 0 N–H and O–H groups in total. The molecule has 3 rings (SSSR count). The monoisotopic (exact) mass is 304 g/mol. The van der Waals surface area contributed by atoms with E-state index in [-0.39, 0.29) is 0 Å². The Kier molecular flexibility index (Phi) is 4.54. The van der Waals surface area contributed by atoms with Gasteiger partial charge >= 0.3 is 0 Å². The molecule has 2 nitrogen and oxygen atoms in total. The average Bonchev–Trinajstić information content (AvgIpc) is 2.87. The molecule has 1 saturated carbocycles. The minimum atomic E-state index is 0.605. The lowest BCUT2D eigenvalue weighted by atomic mass is 9.84. The zero-order chi connectivity index (χ0) is 14.8. The second-order valence-corrected chi connectivity index (χ2v) is 6.75. The molecule has 0 saturated heterocycles. The average molecular weight is 305 g/mol. The van der Waals surface area contributed by atoms with Crippen molar-refractivity contribution in [2.75, 3.05) is 5.88 Å². The number of para-hydroxylation sites is 1. The molecule has 114 valence electrons. The van der Waals surface area contributed by atoms with Crippen LogP contribution in [0.5, 0.6) is 0 Å². The SMILES string of the molecule is CCC1CCCC(n2c(CCCl)nc3cccc(C)c32)C1. The van der Waals surface area contributed by atoms with Crippen LogP contribution in [0.3, 0.4) is 0 Å². The van der Waals surface area contributed by atoms with Crippen LogP contribution in [0.4, 0.5) is 0 Å². The summed E-state index contributed by atoms with van der Waals surface area (Å²) in [6.45, 7) is 4.52. The highest BCUT2D eigenvalue weighted by Crippen LogP contribution is 2.37. The predicted octanol–water partition coefficient (Wildman–Crippen LogP) is 5.27. The fourth-order valence-corrected chi connectivity index (χ4v) is 4.06. The molecule has 1 fully saturated rings. The van der Waals surface area contributed by atoms with Crippen LogP contribution in [-0.2, 0) is 6.42 Å². The normalized spacial score (nSPS) is 22.8. The second-order valence-electron chi connectivity index (χ2n) is 6.37. The maximum Gasteiger partial charge on any atom is 0.111 e. The number of benzene rings is 1. The first-order valence-corrected chi connectivity index (χ1v) is 8.80. The molecule has 1 aromatic carbocycles. The Labute approximate surface area is 132 Å². The number of nitrogens with zero attached hydrogens (tertiary/aromatic N) is 2. The summed E-state index contributed by atoms with van der Waals surface area (Å²) < 4.78 is 2.52. The van der Waals surface area contributed by atoms with Crippen LogP contribution in [0.25, 0.3) is 11.0 Å². The Morgan fingerprint density at radius 2 is 2.19 bits per heavy atom. The highest BCUT2D eigenvalue weighted by molar-refractivity contribution is 6.17. The number of alkyl halides is 1. The van der Waals surface area contributed by atoms with Gasteiger partial charge in [-0.2, -0.15) is 0 Å². The van der Waals surface area contributed by atoms with E-state index in [0.29, 0.717) is 11.9 Å². The van der Waals surface area contributed by atoms with Gasteiger partial charge in [0.15, 0.2) is 0 Å². The number of halogens is 1. The third kappa shape index (κ3) is 2.83. The van der Waals surface area contributed by atoms with Crippen molar-refractivity contribution in [3.63, 3.8) is 0 Å². The molecule has 2 aromatic rings. The van der Waals surface area contributed by atoms with Gasteiger partial charge in [0.05, 0.1) is 11.0 Å².